The molecular weight excluding hydrogens is 331 g/mol. The molecule has 1 aromatic rings. The fourth-order valence-electron chi connectivity index (χ4n) is 1.29. The lowest BCUT2D eigenvalue weighted by molar-refractivity contribution is -0.384. The van der Waals surface area contributed by atoms with E-state index in [4.69, 9.17) is 27.9 Å². The van der Waals surface area contributed by atoms with Crippen molar-refractivity contribution >= 4 is 38.9 Å². The molecule has 0 bridgehead atoms. The van der Waals surface area contributed by atoms with Crippen LogP contribution in [-0.4, -0.2) is 33.1 Å². The number of sulfonamides is 1. The Hall–Kier alpha value is -0.930. The largest absolute Gasteiger partial charge is 0.380 e. The highest BCUT2D eigenvalue weighted by Gasteiger charge is 2.27. The van der Waals surface area contributed by atoms with Gasteiger partial charge in [0.1, 0.15) is 14.9 Å². The Kier molecular flexibility index (Phi) is 5.72. The third kappa shape index (κ3) is 3.80. The lowest BCUT2D eigenvalue weighted by Crippen LogP contribution is -2.31. The van der Waals surface area contributed by atoms with Crippen LogP contribution < -0.4 is 4.72 Å². The summed E-state index contributed by atoms with van der Waals surface area (Å²) >= 11 is 11.4. The van der Waals surface area contributed by atoms with Crippen molar-refractivity contribution in [3.63, 3.8) is 0 Å². The molecule has 1 unspecified atom stereocenters. The molecule has 1 aromatic carbocycles. The van der Waals surface area contributed by atoms with Gasteiger partial charge in [0.15, 0.2) is 0 Å². The molecule has 10 heteroatoms. The number of hydrogen-bond donors (Lipinski definition) is 1. The lowest BCUT2D eigenvalue weighted by atomic mass is 10.3. The first-order valence-electron chi connectivity index (χ1n) is 5.35. The molecule has 0 aromatic heterocycles. The maximum atomic E-state index is 12.0. The van der Waals surface area contributed by atoms with Crippen LogP contribution in [0.4, 0.5) is 5.69 Å². The van der Waals surface area contributed by atoms with E-state index in [0.29, 0.717) is 0 Å². The van der Waals surface area contributed by atoms with Gasteiger partial charge in [-0.1, -0.05) is 23.2 Å². The van der Waals surface area contributed by atoms with Crippen molar-refractivity contribution in [1.29, 1.82) is 0 Å². The van der Waals surface area contributed by atoms with Gasteiger partial charge in [0.05, 0.1) is 11.0 Å². The predicted octanol–water partition coefficient (Wildman–Crippen LogP) is 2.21. The average Bonchev–Trinajstić information content (AvgIpc) is 2.35. The number of methoxy groups -OCH3 is 1. The van der Waals surface area contributed by atoms with Crippen LogP contribution in [0.15, 0.2) is 17.0 Å². The van der Waals surface area contributed by atoms with E-state index < -0.39 is 30.6 Å². The Morgan fingerprint density at radius 3 is 2.55 bits per heavy atom. The van der Waals surface area contributed by atoms with Gasteiger partial charge in [-0.25, -0.2) is 13.1 Å². The van der Waals surface area contributed by atoms with Gasteiger partial charge >= 0.3 is 5.69 Å². The molecule has 0 aliphatic heterocycles. The van der Waals surface area contributed by atoms with Crippen molar-refractivity contribution in [3.8, 4) is 0 Å². The number of nitrogens with one attached hydrogen (secondary N) is 1. The minimum atomic E-state index is -3.99. The Balaban J connectivity index is 3.20. The van der Waals surface area contributed by atoms with E-state index in [9.17, 15) is 18.5 Å². The first-order chi connectivity index (χ1) is 9.20. The third-order valence-corrected chi connectivity index (χ3v) is 4.73. The topological polar surface area (TPSA) is 98.5 Å². The standard InChI is InChI=1S/C10H12Cl2N2O5S/c1-6(19-2)5-13-20(17,18)8-4-3-7(11)10(9(8)12)14(15)16/h3-4,6,13H,5H2,1-2H3. The second kappa shape index (κ2) is 6.68. The summed E-state index contributed by atoms with van der Waals surface area (Å²) in [7, 11) is -2.56. The van der Waals surface area contributed by atoms with Gasteiger partial charge in [-0.05, 0) is 19.1 Å². The predicted molar refractivity (Wildman–Crippen MR) is 74.8 cm³/mol. The molecule has 1 atom stereocenters. The van der Waals surface area contributed by atoms with Crippen molar-refractivity contribution in [2.75, 3.05) is 13.7 Å². The van der Waals surface area contributed by atoms with Crippen molar-refractivity contribution in [1.82, 2.24) is 4.72 Å². The van der Waals surface area contributed by atoms with Gasteiger partial charge < -0.3 is 4.74 Å². The number of nitro groups is 1. The second-order valence-electron chi connectivity index (χ2n) is 3.86. The highest BCUT2D eigenvalue weighted by molar-refractivity contribution is 7.89. The van der Waals surface area contributed by atoms with Crippen molar-refractivity contribution < 1.29 is 18.1 Å². The number of hydrogen-bond acceptors (Lipinski definition) is 5. The smallest absolute Gasteiger partial charge is 0.307 e. The minimum absolute atomic E-state index is 0.00554. The first kappa shape index (κ1) is 17.1. The Labute approximate surface area is 126 Å². The van der Waals surface area contributed by atoms with Crippen LogP contribution >= 0.6 is 23.2 Å². The zero-order chi connectivity index (χ0) is 15.5. The summed E-state index contributed by atoms with van der Waals surface area (Å²) in [5.74, 6) is 0. The molecule has 0 heterocycles. The van der Waals surface area contributed by atoms with Crippen LogP contribution in [0.25, 0.3) is 0 Å². The summed E-state index contributed by atoms with van der Waals surface area (Å²) in [6.45, 7) is 1.67. The monoisotopic (exact) mass is 342 g/mol. The van der Waals surface area contributed by atoms with Gasteiger partial charge in [0.25, 0.3) is 0 Å². The molecule has 0 aliphatic rings. The van der Waals surface area contributed by atoms with Crippen molar-refractivity contribution in [2.24, 2.45) is 0 Å². The molecule has 7 nitrogen and oxygen atoms in total. The molecule has 20 heavy (non-hydrogen) atoms. The molecule has 112 valence electrons. The van der Waals surface area contributed by atoms with E-state index in [-0.39, 0.29) is 17.7 Å². The summed E-state index contributed by atoms with van der Waals surface area (Å²) in [6.07, 6.45) is -0.356. The maximum absolute atomic E-state index is 12.0. The van der Waals surface area contributed by atoms with E-state index in [2.05, 4.69) is 4.72 Å². The van der Waals surface area contributed by atoms with Crippen LogP contribution in [-0.2, 0) is 14.8 Å². The highest BCUT2D eigenvalue weighted by atomic mass is 35.5. The Morgan fingerprint density at radius 2 is 2.05 bits per heavy atom. The number of benzene rings is 1. The van der Waals surface area contributed by atoms with Crippen LogP contribution in [0.2, 0.25) is 10.0 Å². The molecule has 0 saturated carbocycles. The molecule has 0 aliphatic carbocycles. The quantitative estimate of drug-likeness (QED) is 0.631. The van der Waals surface area contributed by atoms with Gasteiger partial charge in [0, 0.05) is 13.7 Å². The first-order valence-corrected chi connectivity index (χ1v) is 7.59. The van der Waals surface area contributed by atoms with Crippen LogP contribution in [0.1, 0.15) is 6.92 Å². The molecule has 0 amide bonds. The highest BCUT2D eigenvalue weighted by Crippen LogP contribution is 2.36. The zero-order valence-electron chi connectivity index (χ0n) is 10.6. The fourth-order valence-corrected chi connectivity index (χ4v) is 3.29. The Morgan fingerprint density at radius 1 is 1.45 bits per heavy atom. The zero-order valence-corrected chi connectivity index (χ0v) is 12.9. The van der Waals surface area contributed by atoms with Gasteiger partial charge in [-0.15, -0.1) is 0 Å². The fraction of sp³-hybridized carbons (Fsp3) is 0.400. The molecule has 1 N–H and O–H groups in total. The number of nitro benzene ring substituents is 1. The summed E-state index contributed by atoms with van der Waals surface area (Å²) in [5, 5.41) is 10.1. The van der Waals surface area contributed by atoms with Crippen LogP contribution in [0.5, 0.6) is 0 Å². The lowest BCUT2D eigenvalue weighted by Gasteiger charge is -2.12. The van der Waals surface area contributed by atoms with E-state index in [0.717, 1.165) is 12.1 Å². The maximum Gasteiger partial charge on any atom is 0.307 e. The molecule has 0 fully saturated rings. The molecule has 1 rings (SSSR count). The molecule has 0 saturated heterocycles. The number of halogens is 2. The van der Waals surface area contributed by atoms with E-state index >= 15 is 0 Å². The average molecular weight is 343 g/mol. The van der Waals surface area contributed by atoms with Gasteiger partial charge in [-0.3, -0.25) is 10.1 Å². The number of ether oxygens (including phenoxy) is 1. The molecule has 0 radical (unpaired) electrons. The van der Waals surface area contributed by atoms with Gasteiger partial charge in [-0.2, -0.15) is 0 Å². The van der Waals surface area contributed by atoms with E-state index in [1.54, 1.807) is 6.92 Å². The number of rotatable bonds is 6. The third-order valence-electron chi connectivity index (χ3n) is 2.47. The minimum Gasteiger partial charge on any atom is -0.380 e. The van der Waals surface area contributed by atoms with Gasteiger partial charge in [0.2, 0.25) is 10.0 Å². The summed E-state index contributed by atoms with van der Waals surface area (Å²) in [6, 6.07) is 2.22. The second-order valence-corrected chi connectivity index (χ2v) is 6.38. The SMILES string of the molecule is COC(C)CNS(=O)(=O)c1ccc(Cl)c([N+](=O)[O-])c1Cl. The van der Waals surface area contributed by atoms with Crippen LogP contribution in [0, 0.1) is 10.1 Å². The summed E-state index contributed by atoms with van der Waals surface area (Å²) in [4.78, 5) is 9.60. The van der Waals surface area contributed by atoms with E-state index in [1.807, 2.05) is 0 Å². The van der Waals surface area contributed by atoms with Crippen molar-refractivity contribution in [3.05, 3.63) is 32.3 Å². The summed E-state index contributed by atoms with van der Waals surface area (Å²) < 4.78 is 31.2. The molecule has 0 spiro atoms. The normalized spacial score (nSPS) is 13.2. The van der Waals surface area contributed by atoms with E-state index in [1.165, 1.54) is 7.11 Å². The molecular formula is C10H12Cl2N2O5S. The van der Waals surface area contributed by atoms with Crippen LogP contribution in [0.3, 0.4) is 0 Å². The van der Waals surface area contributed by atoms with Crippen molar-refractivity contribution in [2.45, 2.75) is 17.9 Å². The Bertz CT molecular complexity index is 620. The summed E-state index contributed by atoms with van der Waals surface area (Å²) in [5.41, 5.74) is -0.643. The number of nitrogens with zero attached hydrogens (tertiary/aromatic N) is 1.